The Morgan fingerprint density at radius 3 is 2.55 bits per heavy atom. The average Bonchev–Trinajstić information content (AvgIpc) is 2.99. The van der Waals surface area contributed by atoms with Gasteiger partial charge in [0, 0.05) is 11.2 Å². The molecule has 22 heavy (non-hydrogen) atoms. The van der Waals surface area contributed by atoms with Crippen molar-refractivity contribution in [2.75, 3.05) is 0 Å². The summed E-state index contributed by atoms with van der Waals surface area (Å²) in [5.74, 6) is 0.718. The molecule has 0 unspecified atom stereocenters. The molecule has 0 saturated heterocycles. The number of pyridine rings is 2. The zero-order chi connectivity index (χ0) is 14.9. The Kier molecular flexibility index (Phi) is 3.09. The lowest BCUT2D eigenvalue weighted by Crippen LogP contribution is -1.90. The molecule has 3 aromatic heterocycles. The van der Waals surface area contributed by atoms with E-state index in [4.69, 9.17) is 11.6 Å². The van der Waals surface area contributed by atoms with Crippen LogP contribution in [0.2, 0.25) is 5.02 Å². The Labute approximate surface area is 131 Å². The van der Waals surface area contributed by atoms with Crippen LogP contribution in [0.15, 0.2) is 60.8 Å². The van der Waals surface area contributed by atoms with Gasteiger partial charge in [0.1, 0.15) is 5.69 Å². The van der Waals surface area contributed by atoms with Crippen LogP contribution in [0.25, 0.3) is 33.9 Å². The lowest BCUT2D eigenvalue weighted by Gasteiger charge is -2.01. The van der Waals surface area contributed by atoms with Crippen molar-refractivity contribution in [3.05, 3.63) is 65.8 Å². The van der Waals surface area contributed by atoms with Gasteiger partial charge in [0.2, 0.25) is 0 Å². The van der Waals surface area contributed by atoms with E-state index >= 15 is 0 Å². The number of H-pyrrole nitrogens is 1. The first-order valence-electron chi connectivity index (χ1n) is 6.84. The number of rotatable bonds is 2. The summed E-state index contributed by atoms with van der Waals surface area (Å²) in [5.41, 5.74) is 4.19. The molecule has 4 rings (SSSR count). The van der Waals surface area contributed by atoms with Gasteiger partial charge < -0.3 is 4.98 Å². The molecule has 0 atom stereocenters. The first-order valence-corrected chi connectivity index (χ1v) is 7.21. The average molecular weight is 307 g/mol. The SMILES string of the molecule is Clc1ccc2nc(-c3cccc(-c4ccccn4)n3)[nH]c2c1. The van der Waals surface area contributed by atoms with Crippen molar-refractivity contribution >= 4 is 22.6 Å². The third kappa shape index (κ3) is 2.34. The van der Waals surface area contributed by atoms with Gasteiger partial charge in [-0.15, -0.1) is 0 Å². The smallest absolute Gasteiger partial charge is 0.157 e. The monoisotopic (exact) mass is 306 g/mol. The zero-order valence-electron chi connectivity index (χ0n) is 11.5. The maximum Gasteiger partial charge on any atom is 0.157 e. The van der Waals surface area contributed by atoms with Gasteiger partial charge in [-0.3, -0.25) is 4.98 Å². The first kappa shape index (κ1) is 13.0. The normalized spacial score (nSPS) is 11.0. The van der Waals surface area contributed by atoms with Crippen LogP contribution in [0.1, 0.15) is 0 Å². The summed E-state index contributed by atoms with van der Waals surface area (Å²) in [5, 5.41) is 0.679. The third-order valence-corrected chi connectivity index (χ3v) is 3.60. The van der Waals surface area contributed by atoms with Crippen molar-refractivity contribution in [1.29, 1.82) is 0 Å². The summed E-state index contributed by atoms with van der Waals surface area (Å²) in [7, 11) is 0. The van der Waals surface area contributed by atoms with E-state index in [1.54, 1.807) is 6.20 Å². The molecule has 0 aliphatic heterocycles. The maximum absolute atomic E-state index is 6.01. The van der Waals surface area contributed by atoms with Gasteiger partial charge in [0.05, 0.1) is 22.4 Å². The van der Waals surface area contributed by atoms with E-state index in [0.717, 1.165) is 33.9 Å². The second kappa shape index (κ2) is 5.24. The number of fused-ring (bicyclic) bond motifs is 1. The zero-order valence-corrected chi connectivity index (χ0v) is 12.2. The molecular weight excluding hydrogens is 296 g/mol. The van der Waals surface area contributed by atoms with Gasteiger partial charge in [0.15, 0.2) is 5.82 Å². The summed E-state index contributed by atoms with van der Waals surface area (Å²) in [6, 6.07) is 17.1. The molecule has 0 aliphatic carbocycles. The minimum absolute atomic E-state index is 0.679. The molecular formula is C17H11ClN4. The number of aromatic amines is 1. The number of hydrogen-bond donors (Lipinski definition) is 1. The van der Waals surface area contributed by atoms with Crippen molar-refractivity contribution in [2.24, 2.45) is 0 Å². The van der Waals surface area contributed by atoms with E-state index < -0.39 is 0 Å². The number of benzene rings is 1. The first-order chi connectivity index (χ1) is 10.8. The van der Waals surface area contributed by atoms with Gasteiger partial charge >= 0.3 is 0 Å². The molecule has 5 heteroatoms. The van der Waals surface area contributed by atoms with Crippen molar-refractivity contribution in [1.82, 2.24) is 19.9 Å². The topological polar surface area (TPSA) is 54.5 Å². The van der Waals surface area contributed by atoms with Crippen LogP contribution in [0.4, 0.5) is 0 Å². The molecule has 0 amide bonds. The van der Waals surface area contributed by atoms with Gasteiger partial charge in [-0.1, -0.05) is 23.7 Å². The molecule has 4 aromatic rings. The standard InChI is InChI=1S/C17H11ClN4/c18-11-7-8-14-16(10-11)22-17(21-14)15-6-3-5-13(20-15)12-4-1-2-9-19-12/h1-10H,(H,21,22). The lowest BCUT2D eigenvalue weighted by atomic mass is 10.2. The lowest BCUT2D eigenvalue weighted by molar-refractivity contribution is 1.21. The van der Waals surface area contributed by atoms with E-state index in [1.165, 1.54) is 0 Å². The molecule has 1 aromatic carbocycles. The van der Waals surface area contributed by atoms with Crippen LogP contribution < -0.4 is 0 Å². The molecule has 1 N–H and O–H groups in total. The predicted octanol–water partition coefficient (Wildman–Crippen LogP) is 4.34. The minimum atomic E-state index is 0.679. The minimum Gasteiger partial charge on any atom is -0.337 e. The maximum atomic E-state index is 6.01. The van der Waals surface area contributed by atoms with E-state index in [2.05, 4.69) is 19.9 Å². The number of aromatic nitrogens is 4. The molecule has 0 radical (unpaired) electrons. The summed E-state index contributed by atoms with van der Waals surface area (Å²) in [6.45, 7) is 0. The Balaban J connectivity index is 1.81. The Morgan fingerprint density at radius 1 is 0.818 bits per heavy atom. The fourth-order valence-corrected chi connectivity index (χ4v) is 2.50. The fraction of sp³-hybridized carbons (Fsp3) is 0. The van der Waals surface area contributed by atoms with Gasteiger partial charge in [-0.2, -0.15) is 0 Å². The molecule has 106 valence electrons. The van der Waals surface area contributed by atoms with E-state index in [9.17, 15) is 0 Å². The van der Waals surface area contributed by atoms with Gasteiger partial charge in [-0.05, 0) is 42.5 Å². The van der Waals surface area contributed by atoms with Crippen LogP contribution in [-0.2, 0) is 0 Å². The summed E-state index contributed by atoms with van der Waals surface area (Å²) < 4.78 is 0. The summed E-state index contributed by atoms with van der Waals surface area (Å²) >= 11 is 6.01. The van der Waals surface area contributed by atoms with Crippen LogP contribution >= 0.6 is 11.6 Å². The molecule has 4 nitrogen and oxygen atoms in total. The van der Waals surface area contributed by atoms with Crippen molar-refractivity contribution < 1.29 is 0 Å². The van der Waals surface area contributed by atoms with Crippen LogP contribution in [0.5, 0.6) is 0 Å². The molecule has 0 saturated carbocycles. The summed E-state index contributed by atoms with van der Waals surface area (Å²) in [4.78, 5) is 16.8. The number of imidazole rings is 1. The van der Waals surface area contributed by atoms with Crippen molar-refractivity contribution in [2.45, 2.75) is 0 Å². The van der Waals surface area contributed by atoms with Crippen LogP contribution in [0.3, 0.4) is 0 Å². The molecule has 0 bridgehead atoms. The van der Waals surface area contributed by atoms with Crippen molar-refractivity contribution in [3.63, 3.8) is 0 Å². The Hall–Kier alpha value is -2.72. The fourth-order valence-electron chi connectivity index (χ4n) is 2.33. The van der Waals surface area contributed by atoms with Crippen LogP contribution in [0, 0.1) is 0 Å². The number of nitrogens with zero attached hydrogens (tertiary/aromatic N) is 3. The largest absolute Gasteiger partial charge is 0.337 e. The van der Waals surface area contributed by atoms with Gasteiger partial charge in [-0.25, -0.2) is 9.97 Å². The quantitative estimate of drug-likeness (QED) is 0.599. The second-order valence-corrected chi connectivity index (χ2v) is 5.31. The van der Waals surface area contributed by atoms with E-state index in [0.29, 0.717) is 5.02 Å². The molecule has 0 fully saturated rings. The highest BCUT2D eigenvalue weighted by molar-refractivity contribution is 6.31. The van der Waals surface area contributed by atoms with E-state index in [-0.39, 0.29) is 0 Å². The highest BCUT2D eigenvalue weighted by Gasteiger charge is 2.08. The number of halogens is 1. The number of nitrogens with one attached hydrogen (secondary N) is 1. The highest BCUT2D eigenvalue weighted by Crippen LogP contribution is 2.23. The predicted molar refractivity (Wildman–Crippen MR) is 87.6 cm³/mol. The molecule has 3 heterocycles. The van der Waals surface area contributed by atoms with E-state index in [1.807, 2.05) is 54.6 Å². The molecule has 0 aliphatic rings. The number of hydrogen-bond acceptors (Lipinski definition) is 3. The molecule has 0 spiro atoms. The van der Waals surface area contributed by atoms with Crippen molar-refractivity contribution in [3.8, 4) is 22.9 Å². The third-order valence-electron chi connectivity index (χ3n) is 3.36. The Bertz CT molecular complexity index is 947. The van der Waals surface area contributed by atoms with Gasteiger partial charge in [0.25, 0.3) is 0 Å². The second-order valence-electron chi connectivity index (χ2n) is 4.87. The highest BCUT2D eigenvalue weighted by atomic mass is 35.5. The van der Waals surface area contributed by atoms with Crippen LogP contribution in [-0.4, -0.2) is 19.9 Å². The summed E-state index contributed by atoms with van der Waals surface area (Å²) in [6.07, 6.45) is 1.76. The Morgan fingerprint density at radius 2 is 1.68 bits per heavy atom.